The number of piperazine rings is 1. The molecule has 2 aromatic carbocycles. The number of nitrogens with one attached hydrogen (secondary N) is 1. The number of aromatic nitrogens is 1. The van der Waals surface area contributed by atoms with Crippen molar-refractivity contribution < 1.29 is 8.91 Å². The second-order valence-electron chi connectivity index (χ2n) is 6.29. The molecule has 128 valence electrons. The Kier molecular flexibility index (Phi) is 4.59. The van der Waals surface area contributed by atoms with E-state index in [1.165, 1.54) is 6.07 Å². The molecule has 1 aromatic heterocycles. The molecular formula is C20H20FN3O. The second-order valence-corrected chi connectivity index (χ2v) is 6.29. The van der Waals surface area contributed by atoms with Crippen molar-refractivity contribution in [3.63, 3.8) is 0 Å². The summed E-state index contributed by atoms with van der Waals surface area (Å²) in [4.78, 5) is 2.31. The van der Waals surface area contributed by atoms with Gasteiger partial charge >= 0.3 is 0 Å². The van der Waals surface area contributed by atoms with Crippen LogP contribution in [0.1, 0.15) is 17.4 Å². The van der Waals surface area contributed by atoms with E-state index in [2.05, 4.69) is 15.4 Å². The van der Waals surface area contributed by atoms with E-state index < -0.39 is 0 Å². The van der Waals surface area contributed by atoms with Gasteiger partial charge in [-0.25, -0.2) is 4.39 Å². The van der Waals surface area contributed by atoms with Crippen molar-refractivity contribution in [3.05, 3.63) is 77.8 Å². The maximum atomic E-state index is 13.6. The summed E-state index contributed by atoms with van der Waals surface area (Å²) in [5.74, 6) is 0.621. The monoisotopic (exact) mass is 337 g/mol. The van der Waals surface area contributed by atoms with Crippen LogP contribution in [0.2, 0.25) is 0 Å². The maximum Gasteiger partial charge on any atom is 0.151 e. The van der Waals surface area contributed by atoms with E-state index in [4.69, 9.17) is 4.52 Å². The lowest BCUT2D eigenvalue weighted by Gasteiger charge is -2.35. The summed E-state index contributed by atoms with van der Waals surface area (Å²) < 4.78 is 19.1. The summed E-state index contributed by atoms with van der Waals surface area (Å²) in [5.41, 5.74) is 2.86. The fourth-order valence-corrected chi connectivity index (χ4v) is 3.31. The smallest absolute Gasteiger partial charge is 0.151 e. The Labute approximate surface area is 146 Å². The summed E-state index contributed by atoms with van der Waals surface area (Å²) >= 11 is 0. The first kappa shape index (κ1) is 16.0. The van der Waals surface area contributed by atoms with Crippen LogP contribution >= 0.6 is 0 Å². The molecule has 4 rings (SSSR count). The number of hydrogen-bond donors (Lipinski definition) is 1. The van der Waals surface area contributed by atoms with Crippen molar-refractivity contribution in [2.75, 3.05) is 19.6 Å². The molecule has 3 aromatic rings. The highest BCUT2D eigenvalue weighted by atomic mass is 19.1. The Bertz CT molecular complexity index is 834. The molecule has 1 aliphatic heterocycles. The Morgan fingerprint density at radius 1 is 1.12 bits per heavy atom. The second kappa shape index (κ2) is 7.17. The van der Waals surface area contributed by atoms with E-state index in [0.717, 1.165) is 42.2 Å². The number of hydrogen-bond acceptors (Lipinski definition) is 4. The Balaban J connectivity index is 1.53. The van der Waals surface area contributed by atoms with E-state index in [-0.39, 0.29) is 11.9 Å². The highest BCUT2D eigenvalue weighted by Gasteiger charge is 2.25. The summed E-state index contributed by atoms with van der Waals surface area (Å²) in [6, 6.07) is 18.9. The van der Waals surface area contributed by atoms with Crippen LogP contribution in [0.3, 0.4) is 0 Å². The van der Waals surface area contributed by atoms with E-state index >= 15 is 0 Å². The Morgan fingerprint density at radius 2 is 2.00 bits per heavy atom. The molecule has 1 aliphatic rings. The van der Waals surface area contributed by atoms with Crippen LogP contribution in [0.25, 0.3) is 11.3 Å². The van der Waals surface area contributed by atoms with Crippen LogP contribution in [0.15, 0.2) is 65.2 Å². The molecule has 0 spiro atoms. The van der Waals surface area contributed by atoms with Crippen LogP contribution in [0.5, 0.6) is 0 Å². The fraction of sp³-hybridized carbons (Fsp3) is 0.250. The van der Waals surface area contributed by atoms with Gasteiger partial charge in [-0.2, -0.15) is 0 Å². The highest BCUT2D eigenvalue weighted by Crippen LogP contribution is 2.26. The zero-order valence-electron chi connectivity index (χ0n) is 13.9. The molecule has 0 bridgehead atoms. The molecular weight excluding hydrogens is 317 g/mol. The molecule has 0 saturated carbocycles. The number of rotatable bonds is 4. The molecule has 1 fully saturated rings. The summed E-state index contributed by atoms with van der Waals surface area (Å²) in [5, 5.41) is 7.58. The van der Waals surface area contributed by atoms with Gasteiger partial charge in [0.15, 0.2) is 5.76 Å². The van der Waals surface area contributed by atoms with E-state index in [1.54, 1.807) is 12.1 Å². The van der Waals surface area contributed by atoms with Gasteiger partial charge < -0.3 is 9.84 Å². The fourth-order valence-electron chi connectivity index (χ4n) is 3.31. The molecule has 0 radical (unpaired) electrons. The van der Waals surface area contributed by atoms with Gasteiger partial charge in [-0.1, -0.05) is 47.6 Å². The largest absolute Gasteiger partial charge is 0.359 e. The number of nitrogens with zero attached hydrogens (tertiary/aromatic N) is 2. The molecule has 2 heterocycles. The minimum atomic E-state index is -0.200. The number of benzene rings is 2. The van der Waals surface area contributed by atoms with E-state index in [0.29, 0.717) is 6.54 Å². The average molecular weight is 337 g/mol. The summed E-state index contributed by atoms with van der Waals surface area (Å²) in [7, 11) is 0. The van der Waals surface area contributed by atoms with Gasteiger partial charge in [-0.3, -0.25) is 4.90 Å². The minimum Gasteiger partial charge on any atom is -0.359 e. The van der Waals surface area contributed by atoms with Gasteiger partial charge in [0.2, 0.25) is 0 Å². The quantitative estimate of drug-likeness (QED) is 0.789. The van der Waals surface area contributed by atoms with Crippen molar-refractivity contribution >= 4 is 0 Å². The molecule has 1 saturated heterocycles. The molecule has 0 aliphatic carbocycles. The molecule has 1 unspecified atom stereocenters. The molecule has 0 amide bonds. The normalized spacial score (nSPS) is 18.4. The molecule has 5 heteroatoms. The van der Waals surface area contributed by atoms with Gasteiger partial charge in [-0.15, -0.1) is 0 Å². The topological polar surface area (TPSA) is 41.3 Å². The lowest BCUT2D eigenvalue weighted by molar-refractivity contribution is 0.138. The first-order valence-electron chi connectivity index (χ1n) is 8.51. The lowest BCUT2D eigenvalue weighted by atomic mass is 10.0. The third-order valence-electron chi connectivity index (χ3n) is 4.58. The minimum absolute atomic E-state index is 0.120. The zero-order valence-corrected chi connectivity index (χ0v) is 13.9. The Hall–Kier alpha value is -2.50. The average Bonchev–Trinajstić information content (AvgIpc) is 3.11. The lowest BCUT2D eigenvalue weighted by Crippen LogP contribution is -2.45. The van der Waals surface area contributed by atoms with Gasteiger partial charge in [0.1, 0.15) is 11.5 Å². The third-order valence-corrected chi connectivity index (χ3v) is 4.58. The van der Waals surface area contributed by atoms with Crippen molar-refractivity contribution in [2.45, 2.75) is 12.6 Å². The number of halogens is 1. The van der Waals surface area contributed by atoms with Gasteiger partial charge in [-0.05, 0) is 17.7 Å². The van der Waals surface area contributed by atoms with Crippen LogP contribution < -0.4 is 5.32 Å². The van der Waals surface area contributed by atoms with Crippen LogP contribution in [-0.2, 0) is 6.54 Å². The third kappa shape index (κ3) is 3.62. The maximum absolute atomic E-state index is 13.6. The standard InChI is InChI=1S/C20H20FN3O/c21-17-8-4-7-16(11-17)20-13-22-9-10-24(20)14-18-12-19(23-25-18)15-5-2-1-3-6-15/h1-8,11-12,20,22H,9-10,13-14H2. The molecule has 25 heavy (non-hydrogen) atoms. The van der Waals surface area contributed by atoms with Gasteiger partial charge in [0.25, 0.3) is 0 Å². The summed E-state index contributed by atoms with van der Waals surface area (Å²) in [6.07, 6.45) is 0. The van der Waals surface area contributed by atoms with E-state index in [9.17, 15) is 4.39 Å². The predicted octanol–water partition coefficient (Wildman–Crippen LogP) is 3.63. The first-order valence-corrected chi connectivity index (χ1v) is 8.51. The highest BCUT2D eigenvalue weighted by molar-refractivity contribution is 5.58. The van der Waals surface area contributed by atoms with Crippen LogP contribution in [-0.4, -0.2) is 29.7 Å². The summed E-state index contributed by atoms with van der Waals surface area (Å²) in [6.45, 7) is 3.24. The predicted molar refractivity (Wildman–Crippen MR) is 94.4 cm³/mol. The molecule has 1 atom stereocenters. The molecule has 1 N–H and O–H groups in total. The van der Waals surface area contributed by atoms with Crippen molar-refractivity contribution in [2.24, 2.45) is 0 Å². The van der Waals surface area contributed by atoms with Gasteiger partial charge in [0.05, 0.1) is 6.54 Å². The first-order chi connectivity index (χ1) is 12.3. The Morgan fingerprint density at radius 3 is 2.84 bits per heavy atom. The van der Waals surface area contributed by atoms with Crippen molar-refractivity contribution in [1.82, 2.24) is 15.4 Å². The molecule has 4 nitrogen and oxygen atoms in total. The van der Waals surface area contributed by atoms with Gasteiger partial charge in [0, 0.05) is 37.3 Å². The van der Waals surface area contributed by atoms with Crippen LogP contribution in [0.4, 0.5) is 4.39 Å². The van der Waals surface area contributed by atoms with Crippen LogP contribution in [0, 0.1) is 5.82 Å². The van der Waals surface area contributed by atoms with E-state index in [1.807, 2.05) is 42.5 Å². The van der Waals surface area contributed by atoms with Crippen molar-refractivity contribution in [3.8, 4) is 11.3 Å². The zero-order chi connectivity index (χ0) is 17.1. The van der Waals surface area contributed by atoms with Crippen molar-refractivity contribution in [1.29, 1.82) is 0 Å². The SMILES string of the molecule is Fc1cccc(C2CNCCN2Cc2cc(-c3ccccc3)no2)c1.